The molecule has 0 radical (unpaired) electrons. The second-order valence-corrected chi connectivity index (χ2v) is 5.41. The first-order chi connectivity index (χ1) is 8.49. The van der Waals surface area contributed by atoms with Gasteiger partial charge in [-0.3, -0.25) is 4.79 Å². The summed E-state index contributed by atoms with van der Waals surface area (Å²) < 4.78 is 25.7. The highest BCUT2D eigenvalue weighted by Crippen LogP contribution is 2.10. The zero-order valence-electron chi connectivity index (χ0n) is 10.1. The molecule has 6 nitrogen and oxygen atoms in total. The first-order valence-electron chi connectivity index (χ1n) is 5.49. The Morgan fingerprint density at radius 3 is 2.39 bits per heavy atom. The molecule has 0 aliphatic carbocycles. The molecule has 0 spiro atoms. The maximum Gasteiger partial charge on any atom is 0.264 e. The third-order valence-corrected chi connectivity index (χ3v) is 3.71. The van der Waals surface area contributed by atoms with Gasteiger partial charge in [-0.2, -0.15) is 0 Å². The van der Waals surface area contributed by atoms with E-state index in [1.54, 1.807) is 19.2 Å². The molecule has 4 N–H and O–H groups in total. The van der Waals surface area contributed by atoms with Crippen LogP contribution in [-0.2, 0) is 21.4 Å². The number of sulfonamides is 1. The summed E-state index contributed by atoms with van der Waals surface area (Å²) in [6.45, 7) is 0.766. The fourth-order valence-corrected chi connectivity index (χ4v) is 2.32. The van der Waals surface area contributed by atoms with Crippen LogP contribution >= 0.6 is 0 Å². The Hall–Kier alpha value is -1.44. The number of benzene rings is 1. The summed E-state index contributed by atoms with van der Waals surface area (Å²) in [6, 6.07) is 6.09. The molecule has 0 bridgehead atoms. The minimum absolute atomic E-state index is 0.0532. The van der Waals surface area contributed by atoms with Crippen LogP contribution < -0.4 is 15.8 Å². The molecule has 0 aliphatic heterocycles. The molecule has 0 fully saturated rings. The Balaban J connectivity index is 2.76. The molecular formula is C11H17N3O3S. The molecule has 0 atom stereocenters. The molecule has 1 aromatic rings. The van der Waals surface area contributed by atoms with Crippen molar-refractivity contribution in [1.82, 2.24) is 10.0 Å². The van der Waals surface area contributed by atoms with Gasteiger partial charge < -0.3 is 11.1 Å². The number of nitrogens with two attached hydrogens (primary N) is 1. The summed E-state index contributed by atoms with van der Waals surface area (Å²) in [5, 5.41) is 2.77. The summed E-state index contributed by atoms with van der Waals surface area (Å²) >= 11 is 0. The van der Waals surface area contributed by atoms with Crippen molar-refractivity contribution in [2.24, 2.45) is 5.73 Å². The fraction of sp³-hybridized carbons (Fsp3) is 0.364. The highest BCUT2D eigenvalue weighted by Gasteiger charge is 2.16. The number of hydrogen-bond acceptors (Lipinski definition) is 5. The zero-order chi connectivity index (χ0) is 13.6. The summed E-state index contributed by atoms with van der Waals surface area (Å²) in [5.41, 5.74) is 6.25. The number of carbonyl (C=O) groups is 1. The zero-order valence-corrected chi connectivity index (χ0v) is 11.0. The van der Waals surface area contributed by atoms with Crippen LogP contribution in [-0.4, -0.2) is 27.9 Å². The van der Waals surface area contributed by atoms with Crippen LogP contribution in [0.5, 0.6) is 0 Å². The third-order valence-electron chi connectivity index (χ3n) is 2.32. The topological polar surface area (TPSA) is 101 Å². The lowest BCUT2D eigenvalue weighted by Crippen LogP contribution is -2.32. The lowest BCUT2D eigenvalue weighted by molar-refractivity contribution is -0.119. The van der Waals surface area contributed by atoms with Gasteiger partial charge in [0.15, 0.2) is 0 Å². The molecule has 0 aliphatic rings. The van der Waals surface area contributed by atoms with Crippen LogP contribution in [0.15, 0.2) is 29.2 Å². The van der Waals surface area contributed by atoms with E-state index in [9.17, 15) is 13.2 Å². The molecule has 1 rings (SSSR count). The van der Waals surface area contributed by atoms with E-state index in [1.165, 1.54) is 12.1 Å². The second kappa shape index (κ2) is 6.48. The first-order valence-corrected chi connectivity index (χ1v) is 6.97. The van der Waals surface area contributed by atoms with E-state index in [2.05, 4.69) is 5.32 Å². The van der Waals surface area contributed by atoms with Crippen LogP contribution in [0.25, 0.3) is 0 Å². The molecule has 0 aromatic heterocycles. The van der Waals surface area contributed by atoms with Gasteiger partial charge in [-0.15, -0.1) is 0 Å². The van der Waals surface area contributed by atoms with Gasteiger partial charge in [0.1, 0.15) is 0 Å². The van der Waals surface area contributed by atoms with E-state index < -0.39 is 15.9 Å². The van der Waals surface area contributed by atoms with Crippen molar-refractivity contribution < 1.29 is 13.2 Å². The normalized spacial score (nSPS) is 11.2. The average Bonchev–Trinajstić information content (AvgIpc) is 2.36. The molecule has 1 amide bonds. The number of amides is 1. The molecule has 0 heterocycles. The Bertz CT molecular complexity index is 497. The Morgan fingerprint density at radius 2 is 1.89 bits per heavy atom. The molecule has 0 unspecified atom stereocenters. The highest BCUT2D eigenvalue weighted by molar-refractivity contribution is 7.90. The van der Waals surface area contributed by atoms with E-state index in [0.29, 0.717) is 13.1 Å². The lowest BCUT2D eigenvalue weighted by Gasteiger charge is -2.07. The van der Waals surface area contributed by atoms with Crippen LogP contribution in [0.2, 0.25) is 0 Å². The molecule has 0 saturated carbocycles. The van der Waals surface area contributed by atoms with Crippen molar-refractivity contribution >= 4 is 15.9 Å². The van der Waals surface area contributed by atoms with Gasteiger partial charge in [-0.05, 0) is 24.7 Å². The minimum Gasteiger partial charge on any atom is -0.326 e. The number of nitrogens with one attached hydrogen (secondary N) is 2. The second-order valence-electron chi connectivity index (χ2n) is 3.73. The predicted octanol–water partition coefficient (Wildman–Crippen LogP) is -0.440. The highest BCUT2D eigenvalue weighted by atomic mass is 32.2. The molecule has 18 heavy (non-hydrogen) atoms. The number of rotatable bonds is 6. The first kappa shape index (κ1) is 14.6. The quantitative estimate of drug-likeness (QED) is 0.651. The molecule has 7 heteroatoms. The maximum absolute atomic E-state index is 11.8. The van der Waals surface area contributed by atoms with E-state index >= 15 is 0 Å². The maximum atomic E-state index is 11.8. The standard InChI is InChI=1S/C11H17N3O3S/c1-13-7-6-11(15)14-18(16,17)10-4-2-9(8-12)3-5-10/h2-5,13H,6-8,12H2,1H3,(H,14,15). The lowest BCUT2D eigenvalue weighted by atomic mass is 10.2. The van der Waals surface area contributed by atoms with Crippen molar-refractivity contribution in [2.45, 2.75) is 17.9 Å². The molecular weight excluding hydrogens is 254 g/mol. The summed E-state index contributed by atoms with van der Waals surface area (Å²) in [7, 11) is -2.10. The van der Waals surface area contributed by atoms with Crippen molar-refractivity contribution in [3.8, 4) is 0 Å². The van der Waals surface area contributed by atoms with E-state index in [4.69, 9.17) is 5.73 Å². The summed E-state index contributed by atoms with van der Waals surface area (Å²) in [5.74, 6) is -0.535. The summed E-state index contributed by atoms with van der Waals surface area (Å²) in [6.07, 6.45) is 0.108. The van der Waals surface area contributed by atoms with Crippen molar-refractivity contribution in [2.75, 3.05) is 13.6 Å². The van der Waals surface area contributed by atoms with E-state index in [0.717, 1.165) is 5.56 Å². The third kappa shape index (κ3) is 4.10. The van der Waals surface area contributed by atoms with Gasteiger partial charge in [0.05, 0.1) is 4.90 Å². The Morgan fingerprint density at radius 1 is 1.28 bits per heavy atom. The van der Waals surface area contributed by atoms with Gasteiger partial charge in [0.2, 0.25) is 5.91 Å². The van der Waals surface area contributed by atoms with Crippen LogP contribution in [0.4, 0.5) is 0 Å². The van der Waals surface area contributed by atoms with E-state index in [1.807, 2.05) is 4.72 Å². The molecule has 0 saturated heterocycles. The minimum atomic E-state index is -3.78. The summed E-state index contributed by atoms with van der Waals surface area (Å²) in [4.78, 5) is 11.4. The van der Waals surface area contributed by atoms with Crippen molar-refractivity contribution in [1.29, 1.82) is 0 Å². The smallest absolute Gasteiger partial charge is 0.264 e. The average molecular weight is 271 g/mol. The van der Waals surface area contributed by atoms with E-state index in [-0.39, 0.29) is 11.3 Å². The van der Waals surface area contributed by atoms with Gasteiger partial charge in [-0.1, -0.05) is 12.1 Å². The Labute approximate surface area is 107 Å². The van der Waals surface area contributed by atoms with Crippen LogP contribution in [0, 0.1) is 0 Å². The van der Waals surface area contributed by atoms with Crippen molar-refractivity contribution in [3.63, 3.8) is 0 Å². The van der Waals surface area contributed by atoms with Gasteiger partial charge in [0, 0.05) is 19.5 Å². The molecule has 100 valence electrons. The van der Waals surface area contributed by atoms with Gasteiger partial charge >= 0.3 is 0 Å². The monoisotopic (exact) mass is 271 g/mol. The Kier molecular flexibility index (Phi) is 5.26. The largest absolute Gasteiger partial charge is 0.326 e. The fourth-order valence-electron chi connectivity index (χ4n) is 1.30. The van der Waals surface area contributed by atoms with Gasteiger partial charge in [0.25, 0.3) is 10.0 Å². The van der Waals surface area contributed by atoms with Crippen LogP contribution in [0.3, 0.4) is 0 Å². The van der Waals surface area contributed by atoms with Gasteiger partial charge in [-0.25, -0.2) is 13.1 Å². The number of carbonyl (C=O) groups excluding carboxylic acids is 1. The van der Waals surface area contributed by atoms with Crippen molar-refractivity contribution in [3.05, 3.63) is 29.8 Å². The number of hydrogen-bond donors (Lipinski definition) is 3. The van der Waals surface area contributed by atoms with Crippen LogP contribution in [0.1, 0.15) is 12.0 Å². The predicted molar refractivity (Wildman–Crippen MR) is 68.2 cm³/mol. The SMILES string of the molecule is CNCCC(=O)NS(=O)(=O)c1ccc(CN)cc1. The molecule has 1 aromatic carbocycles.